The van der Waals surface area contributed by atoms with Gasteiger partial charge >= 0.3 is 0 Å². The number of ether oxygens (including phenoxy) is 1. The van der Waals surface area contributed by atoms with Crippen molar-refractivity contribution < 1.29 is 9.53 Å². The van der Waals surface area contributed by atoms with Crippen LogP contribution in [0.2, 0.25) is 0 Å². The highest BCUT2D eigenvalue weighted by atomic mass is 16.5. The molecule has 25 heavy (non-hydrogen) atoms. The summed E-state index contributed by atoms with van der Waals surface area (Å²) in [5.41, 5.74) is 2.24. The van der Waals surface area contributed by atoms with Crippen molar-refractivity contribution in [3.05, 3.63) is 72.3 Å². The number of fused-ring (bicyclic) bond motifs is 1. The first-order chi connectivity index (χ1) is 12.2. The zero-order chi connectivity index (χ0) is 17.5. The normalized spacial score (nSPS) is 10.4. The van der Waals surface area contributed by atoms with E-state index in [2.05, 4.69) is 28.8 Å². The Morgan fingerprint density at radius 3 is 2.52 bits per heavy atom. The van der Waals surface area contributed by atoms with Crippen LogP contribution in [0.1, 0.15) is 5.56 Å². The van der Waals surface area contributed by atoms with Gasteiger partial charge in [-0.15, -0.1) is 0 Å². The number of hydrogen-bond acceptors (Lipinski definition) is 3. The van der Waals surface area contributed by atoms with E-state index in [0.29, 0.717) is 18.8 Å². The van der Waals surface area contributed by atoms with Crippen molar-refractivity contribution >= 4 is 22.4 Å². The van der Waals surface area contributed by atoms with Gasteiger partial charge in [-0.25, -0.2) is 0 Å². The molecule has 3 rings (SSSR count). The Morgan fingerprint density at radius 1 is 0.920 bits per heavy atom. The van der Waals surface area contributed by atoms with Gasteiger partial charge in [0.15, 0.2) is 6.61 Å². The van der Waals surface area contributed by atoms with Gasteiger partial charge in [-0.3, -0.25) is 4.79 Å². The first-order valence-electron chi connectivity index (χ1n) is 8.40. The van der Waals surface area contributed by atoms with Gasteiger partial charge in [0, 0.05) is 24.2 Å². The van der Waals surface area contributed by atoms with Gasteiger partial charge in [0.2, 0.25) is 0 Å². The lowest BCUT2D eigenvalue weighted by Crippen LogP contribution is -2.32. The first kappa shape index (κ1) is 16.8. The predicted octanol–water partition coefficient (Wildman–Crippen LogP) is 3.76. The minimum atomic E-state index is -0.125. The molecule has 0 fully saturated rings. The second-order valence-corrected chi connectivity index (χ2v) is 5.91. The van der Waals surface area contributed by atoms with Gasteiger partial charge in [-0.2, -0.15) is 0 Å². The van der Waals surface area contributed by atoms with Crippen LogP contribution in [-0.2, 0) is 4.79 Å². The van der Waals surface area contributed by atoms with Crippen molar-refractivity contribution in [2.24, 2.45) is 0 Å². The van der Waals surface area contributed by atoms with E-state index in [1.807, 2.05) is 55.5 Å². The molecule has 4 heteroatoms. The topological polar surface area (TPSA) is 50.4 Å². The molecule has 0 aliphatic heterocycles. The molecule has 4 nitrogen and oxygen atoms in total. The van der Waals surface area contributed by atoms with E-state index in [-0.39, 0.29) is 12.5 Å². The van der Waals surface area contributed by atoms with Crippen LogP contribution in [0.5, 0.6) is 5.75 Å². The molecule has 1 amide bonds. The molecule has 3 aromatic carbocycles. The van der Waals surface area contributed by atoms with E-state index in [9.17, 15) is 4.79 Å². The van der Waals surface area contributed by atoms with Crippen LogP contribution in [0.4, 0.5) is 5.69 Å². The maximum atomic E-state index is 11.8. The van der Waals surface area contributed by atoms with Crippen molar-refractivity contribution in [1.82, 2.24) is 5.32 Å². The maximum Gasteiger partial charge on any atom is 0.258 e. The molecular weight excluding hydrogens is 312 g/mol. The number of carbonyl (C=O) groups excluding carboxylic acids is 1. The van der Waals surface area contributed by atoms with Crippen molar-refractivity contribution in [2.45, 2.75) is 6.92 Å². The summed E-state index contributed by atoms with van der Waals surface area (Å²) in [4.78, 5) is 11.8. The van der Waals surface area contributed by atoms with Crippen LogP contribution >= 0.6 is 0 Å². The van der Waals surface area contributed by atoms with Crippen LogP contribution in [0.25, 0.3) is 10.8 Å². The Labute approximate surface area is 147 Å². The number of hydrogen-bond donors (Lipinski definition) is 2. The number of amides is 1. The zero-order valence-electron chi connectivity index (χ0n) is 14.3. The molecule has 0 heterocycles. The Balaban J connectivity index is 1.42. The highest BCUT2D eigenvalue weighted by Crippen LogP contribution is 2.22. The summed E-state index contributed by atoms with van der Waals surface area (Å²) in [6.45, 7) is 3.24. The molecule has 0 aliphatic carbocycles. The van der Waals surface area contributed by atoms with E-state index in [1.54, 1.807) is 0 Å². The minimum Gasteiger partial charge on any atom is -0.484 e. The molecule has 0 bridgehead atoms. The molecule has 0 spiro atoms. The second-order valence-electron chi connectivity index (χ2n) is 5.91. The fraction of sp³-hybridized carbons (Fsp3) is 0.190. The van der Waals surface area contributed by atoms with Gasteiger partial charge in [0.05, 0.1) is 0 Å². The number of carbonyl (C=O) groups is 1. The summed E-state index contributed by atoms with van der Waals surface area (Å²) in [6, 6.07) is 22.0. The third-order valence-electron chi connectivity index (χ3n) is 3.94. The first-order valence-corrected chi connectivity index (χ1v) is 8.40. The number of anilines is 1. The summed E-state index contributed by atoms with van der Waals surface area (Å²) in [6.07, 6.45) is 0. The Kier molecular flexibility index (Phi) is 5.52. The standard InChI is InChI=1S/C21H22N2O2/c1-16-9-11-18(12-10-16)25-15-21(24)23-14-13-22-20-8-4-6-17-5-2-3-7-19(17)20/h2-12,22H,13-15H2,1H3,(H,23,24). The summed E-state index contributed by atoms with van der Waals surface area (Å²) < 4.78 is 5.46. The van der Waals surface area contributed by atoms with Crippen molar-refractivity contribution in [3.8, 4) is 5.75 Å². The summed E-state index contributed by atoms with van der Waals surface area (Å²) in [5.74, 6) is 0.579. The molecule has 128 valence electrons. The van der Waals surface area contributed by atoms with E-state index in [1.165, 1.54) is 10.8 Å². The van der Waals surface area contributed by atoms with Crippen molar-refractivity contribution in [2.75, 3.05) is 25.0 Å². The van der Waals surface area contributed by atoms with Crippen molar-refractivity contribution in [3.63, 3.8) is 0 Å². The van der Waals surface area contributed by atoms with E-state index in [0.717, 1.165) is 11.3 Å². The molecule has 0 aliphatic rings. The van der Waals surface area contributed by atoms with Crippen LogP contribution < -0.4 is 15.4 Å². The molecular formula is C21H22N2O2. The molecule has 2 N–H and O–H groups in total. The number of aryl methyl sites for hydroxylation is 1. The summed E-state index contributed by atoms with van der Waals surface area (Å²) in [5, 5.41) is 8.60. The molecule has 0 atom stereocenters. The molecule has 0 saturated heterocycles. The fourth-order valence-electron chi connectivity index (χ4n) is 2.61. The third kappa shape index (κ3) is 4.73. The minimum absolute atomic E-state index is 0.0251. The Hall–Kier alpha value is -3.01. The molecule has 0 unspecified atom stereocenters. The lowest BCUT2D eigenvalue weighted by Gasteiger charge is -2.11. The Bertz CT molecular complexity index is 839. The quantitative estimate of drug-likeness (QED) is 0.647. The monoisotopic (exact) mass is 334 g/mol. The van der Waals surface area contributed by atoms with Crippen LogP contribution in [0.3, 0.4) is 0 Å². The highest BCUT2D eigenvalue weighted by molar-refractivity contribution is 5.93. The second kappa shape index (κ2) is 8.20. The van der Waals surface area contributed by atoms with Gasteiger partial charge in [0.1, 0.15) is 5.75 Å². The van der Waals surface area contributed by atoms with Crippen LogP contribution in [-0.4, -0.2) is 25.6 Å². The fourth-order valence-corrected chi connectivity index (χ4v) is 2.61. The van der Waals surface area contributed by atoms with E-state index < -0.39 is 0 Å². The molecule has 0 aromatic heterocycles. The predicted molar refractivity (Wildman–Crippen MR) is 102 cm³/mol. The molecule has 0 saturated carbocycles. The van der Waals surface area contributed by atoms with Gasteiger partial charge < -0.3 is 15.4 Å². The molecule has 3 aromatic rings. The lowest BCUT2D eigenvalue weighted by atomic mass is 10.1. The maximum absolute atomic E-state index is 11.8. The molecule has 0 radical (unpaired) electrons. The highest BCUT2D eigenvalue weighted by Gasteiger charge is 2.03. The van der Waals surface area contributed by atoms with E-state index >= 15 is 0 Å². The van der Waals surface area contributed by atoms with Crippen LogP contribution in [0.15, 0.2) is 66.7 Å². The van der Waals surface area contributed by atoms with Crippen molar-refractivity contribution in [1.29, 1.82) is 0 Å². The summed E-state index contributed by atoms with van der Waals surface area (Å²) in [7, 11) is 0. The van der Waals surface area contributed by atoms with Gasteiger partial charge in [-0.1, -0.05) is 54.1 Å². The largest absolute Gasteiger partial charge is 0.484 e. The third-order valence-corrected chi connectivity index (χ3v) is 3.94. The summed E-state index contributed by atoms with van der Waals surface area (Å²) >= 11 is 0. The Morgan fingerprint density at radius 2 is 1.68 bits per heavy atom. The number of nitrogens with one attached hydrogen (secondary N) is 2. The van der Waals surface area contributed by atoms with Gasteiger partial charge in [-0.05, 0) is 30.5 Å². The van der Waals surface area contributed by atoms with Crippen LogP contribution in [0, 0.1) is 6.92 Å². The van der Waals surface area contributed by atoms with E-state index in [4.69, 9.17) is 4.74 Å². The average Bonchev–Trinajstić information content (AvgIpc) is 2.65. The smallest absolute Gasteiger partial charge is 0.258 e. The SMILES string of the molecule is Cc1ccc(OCC(=O)NCCNc2cccc3ccccc23)cc1. The number of benzene rings is 3. The zero-order valence-corrected chi connectivity index (χ0v) is 14.3. The van der Waals surface area contributed by atoms with Gasteiger partial charge in [0.25, 0.3) is 5.91 Å². The average molecular weight is 334 g/mol. The number of rotatable bonds is 7. The lowest BCUT2D eigenvalue weighted by molar-refractivity contribution is -0.123.